The predicted octanol–water partition coefficient (Wildman–Crippen LogP) is 3.56. The van der Waals surface area contributed by atoms with Crippen molar-refractivity contribution in [3.05, 3.63) is 28.2 Å². The van der Waals surface area contributed by atoms with Crippen LogP contribution in [0.2, 0.25) is 0 Å². The second kappa shape index (κ2) is 10.2. The molecular formula is C21H33NO5S. The van der Waals surface area contributed by atoms with Crippen LogP contribution in [-0.4, -0.2) is 33.6 Å². The largest absolute Gasteiger partial charge is 0.488 e. The second-order valence-corrected chi connectivity index (χ2v) is 10.1. The van der Waals surface area contributed by atoms with Crippen molar-refractivity contribution in [2.45, 2.75) is 71.7 Å². The summed E-state index contributed by atoms with van der Waals surface area (Å²) < 4.78 is 23.1. The highest BCUT2D eigenvalue weighted by Crippen LogP contribution is 2.38. The average molecular weight is 412 g/mol. The Bertz CT molecular complexity index is 729. The Morgan fingerprint density at radius 2 is 1.93 bits per heavy atom. The fraction of sp³-hybridized carbons (Fsp3) is 0.714. The number of hydrogen-bond donors (Lipinski definition) is 1. The number of aromatic nitrogens is 1. The first-order valence-electron chi connectivity index (χ1n) is 10.1. The number of H-pyrrole nitrogens is 1. The van der Waals surface area contributed by atoms with Crippen LogP contribution in [0.25, 0.3) is 0 Å². The van der Waals surface area contributed by atoms with Gasteiger partial charge >= 0.3 is 5.97 Å². The summed E-state index contributed by atoms with van der Waals surface area (Å²) in [5.41, 5.74) is 0.549. The smallest absolute Gasteiger partial charge is 0.318 e. The highest BCUT2D eigenvalue weighted by molar-refractivity contribution is 7.84. The lowest BCUT2D eigenvalue weighted by molar-refractivity contribution is -0.148. The predicted molar refractivity (Wildman–Crippen MR) is 111 cm³/mol. The Hall–Kier alpha value is -1.63. The maximum atomic E-state index is 12.3. The summed E-state index contributed by atoms with van der Waals surface area (Å²) in [6, 6.07) is 1.38. The van der Waals surface area contributed by atoms with Crippen LogP contribution < -0.4 is 10.2 Å². The quantitative estimate of drug-likeness (QED) is 0.661. The number of aromatic amines is 1. The second-order valence-electron chi connectivity index (χ2n) is 8.59. The molecule has 2 rings (SSSR count). The number of carbonyl (C=O) groups is 1. The van der Waals surface area contributed by atoms with E-state index in [2.05, 4.69) is 25.8 Å². The van der Waals surface area contributed by atoms with E-state index in [1.54, 1.807) is 0 Å². The molecule has 1 N–H and O–H groups in total. The van der Waals surface area contributed by atoms with E-state index in [-0.39, 0.29) is 34.2 Å². The fourth-order valence-corrected chi connectivity index (χ4v) is 4.48. The normalized spacial score (nSPS) is 21.1. The zero-order valence-corrected chi connectivity index (χ0v) is 18.2. The Balaban J connectivity index is 1.78. The summed E-state index contributed by atoms with van der Waals surface area (Å²) in [5.74, 6) is 0.423. The van der Waals surface area contributed by atoms with Crippen molar-refractivity contribution in [3.63, 3.8) is 0 Å². The molecule has 0 aromatic carbocycles. The molecule has 1 aromatic rings. The Kier molecular flexibility index (Phi) is 8.28. The molecule has 1 aliphatic carbocycles. The topological polar surface area (TPSA) is 85.5 Å². The molecule has 0 saturated heterocycles. The molecule has 7 heteroatoms. The minimum Gasteiger partial charge on any atom is -0.488 e. The molecular weight excluding hydrogens is 378 g/mol. The van der Waals surface area contributed by atoms with E-state index < -0.39 is 16.8 Å². The summed E-state index contributed by atoms with van der Waals surface area (Å²) in [4.78, 5) is 27.0. The van der Waals surface area contributed by atoms with Gasteiger partial charge in [-0.15, -0.1) is 0 Å². The van der Waals surface area contributed by atoms with Gasteiger partial charge in [0.1, 0.15) is 11.9 Å². The summed E-state index contributed by atoms with van der Waals surface area (Å²) in [5, 5.41) is 0. The van der Waals surface area contributed by atoms with E-state index in [1.807, 2.05) is 6.92 Å². The van der Waals surface area contributed by atoms with E-state index in [9.17, 15) is 13.8 Å². The van der Waals surface area contributed by atoms with E-state index in [1.165, 1.54) is 12.3 Å². The van der Waals surface area contributed by atoms with Crippen LogP contribution in [0.5, 0.6) is 5.75 Å². The minimum absolute atomic E-state index is 0.0714. The fourth-order valence-electron chi connectivity index (χ4n) is 3.53. The van der Waals surface area contributed by atoms with Crippen LogP contribution in [-0.2, 0) is 26.1 Å². The van der Waals surface area contributed by atoms with Crippen molar-refractivity contribution in [2.75, 3.05) is 12.4 Å². The van der Waals surface area contributed by atoms with Crippen molar-refractivity contribution in [2.24, 2.45) is 11.3 Å². The molecule has 0 bridgehead atoms. The summed E-state index contributed by atoms with van der Waals surface area (Å²) >= 11 is 0. The molecule has 1 atom stereocenters. The maximum absolute atomic E-state index is 12.3. The van der Waals surface area contributed by atoms with Gasteiger partial charge in [-0.1, -0.05) is 27.7 Å². The Morgan fingerprint density at radius 3 is 2.50 bits per heavy atom. The van der Waals surface area contributed by atoms with Crippen molar-refractivity contribution in [3.8, 4) is 5.75 Å². The molecule has 0 aliphatic heterocycles. The zero-order valence-electron chi connectivity index (χ0n) is 17.4. The molecule has 1 heterocycles. The van der Waals surface area contributed by atoms with Crippen LogP contribution in [0.3, 0.4) is 0 Å². The SMILES string of the molecule is CCCOc1c[nH]c(CS(=O)CC(=O)OC2CCC(C(C)(C)C)CC2)cc1=O. The lowest BCUT2D eigenvalue weighted by Gasteiger charge is -2.36. The van der Waals surface area contributed by atoms with E-state index in [0.29, 0.717) is 18.2 Å². The Morgan fingerprint density at radius 1 is 1.25 bits per heavy atom. The average Bonchev–Trinajstić information content (AvgIpc) is 2.60. The van der Waals surface area contributed by atoms with Gasteiger partial charge in [0.25, 0.3) is 0 Å². The van der Waals surface area contributed by atoms with Gasteiger partial charge in [-0.05, 0) is 43.4 Å². The molecule has 0 radical (unpaired) electrons. The zero-order chi connectivity index (χ0) is 20.7. The molecule has 1 unspecified atom stereocenters. The number of pyridine rings is 1. The van der Waals surface area contributed by atoms with Crippen LogP contribution in [0.15, 0.2) is 17.1 Å². The van der Waals surface area contributed by atoms with Gasteiger partial charge in [0, 0.05) is 28.8 Å². The third-order valence-electron chi connectivity index (χ3n) is 5.19. The highest BCUT2D eigenvalue weighted by atomic mass is 32.2. The first kappa shape index (κ1) is 22.7. The molecule has 1 aliphatic rings. The summed E-state index contributed by atoms with van der Waals surface area (Å²) in [7, 11) is -1.43. The molecule has 0 amide bonds. The highest BCUT2D eigenvalue weighted by Gasteiger charge is 2.31. The minimum atomic E-state index is -1.43. The first-order chi connectivity index (χ1) is 13.2. The molecule has 28 heavy (non-hydrogen) atoms. The van der Waals surface area contributed by atoms with Crippen LogP contribution in [0, 0.1) is 11.3 Å². The first-order valence-corrected chi connectivity index (χ1v) is 11.6. The van der Waals surface area contributed by atoms with Crippen molar-refractivity contribution in [1.82, 2.24) is 4.98 Å². The van der Waals surface area contributed by atoms with E-state index >= 15 is 0 Å². The maximum Gasteiger partial charge on any atom is 0.318 e. The third kappa shape index (κ3) is 7.08. The van der Waals surface area contributed by atoms with Crippen molar-refractivity contribution in [1.29, 1.82) is 0 Å². The third-order valence-corrected chi connectivity index (χ3v) is 6.38. The lowest BCUT2D eigenvalue weighted by Crippen LogP contribution is -2.31. The van der Waals surface area contributed by atoms with E-state index in [0.717, 1.165) is 32.1 Å². The standard InChI is InChI=1S/C21H33NO5S/c1-5-10-26-19-12-22-16(11-18(19)23)13-28(25)14-20(24)27-17-8-6-15(7-9-17)21(2,3)4/h11-12,15,17H,5-10,13-14H2,1-4H3,(H,22,23). The number of esters is 1. The molecule has 0 spiro atoms. The Labute approximate surface area is 169 Å². The molecule has 1 saturated carbocycles. The number of rotatable bonds is 8. The molecule has 1 fully saturated rings. The molecule has 6 nitrogen and oxygen atoms in total. The van der Waals surface area contributed by atoms with Gasteiger partial charge in [0.15, 0.2) is 5.75 Å². The number of carbonyl (C=O) groups excluding carboxylic acids is 1. The molecule has 158 valence electrons. The van der Waals surface area contributed by atoms with Gasteiger partial charge in [-0.25, -0.2) is 0 Å². The van der Waals surface area contributed by atoms with Gasteiger partial charge in [0.05, 0.1) is 12.4 Å². The van der Waals surface area contributed by atoms with Gasteiger partial charge in [-0.3, -0.25) is 13.8 Å². The van der Waals surface area contributed by atoms with Crippen LogP contribution >= 0.6 is 0 Å². The molecule has 1 aromatic heterocycles. The summed E-state index contributed by atoms with van der Waals surface area (Å²) in [6.07, 6.45) is 6.07. The van der Waals surface area contributed by atoms with Crippen LogP contribution in [0.4, 0.5) is 0 Å². The number of hydrogen-bond acceptors (Lipinski definition) is 5. The monoisotopic (exact) mass is 411 g/mol. The van der Waals surface area contributed by atoms with Crippen molar-refractivity contribution < 1.29 is 18.5 Å². The van der Waals surface area contributed by atoms with Gasteiger partial charge < -0.3 is 14.5 Å². The van der Waals surface area contributed by atoms with E-state index in [4.69, 9.17) is 9.47 Å². The van der Waals surface area contributed by atoms with Crippen molar-refractivity contribution >= 4 is 16.8 Å². The van der Waals surface area contributed by atoms with Crippen LogP contribution in [0.1, 0.15) is 65.5 Å². The lowest BCUT2D eigenvalue weighted by atomic mass is 9.72. The number of ether oxygens (including phenoxy) is 2. The summed E-state index contributed by atoms with van der Waals surface area (Å²) in [6.45, 7) is 9.18. The van der Waals surface area contributed by atoms with Gasteiger partial charge in [-0.2, -0.15) is 0 Å². The number of nitrogens with one attached hydrogen (secondary N) is 1. The van der Waals surface area contributed by atoms with Gasteiger partial charge in [0.2, 0.25) is 5.43 Å².